The second kappa shape index (κ2) is 10.4. The maximum Gasteiger partial charge on any atom is 0.239 e. The van der Waals surface area contributed by atoms with E-state index in [1.54, 1.807) is 25.1 Å². The highest BCUT2D eigenvalue weighted by Crippen LogP contribution is 2.23. The minimum atomic E-state index is -1.34. The first-order valence-corrected chi connectivity index (χ1v) is 9.44. The SMILES string of the molecule is [B]C(C(=O)NC(=O)CC)N(C=O)Cc1c(C)cccc1NCc1cccc(N)c1F. The first-order valence-electron chi connectivity index (χ1n) is 9.44. The average molecular weight is 410 g/mol. The molecule has 0 bridgehead atoms. The number of nitrogens with zero attached hydrogens (tertiary/aromatic N) is 1. The molecule has 4 N–H and O–H groups in total. The molecule has 0 aromatic heterocycles. The number of amides is 3. The molecule has 2 rings (SSSR count). The molecule has 0 saturated heterocycles. The van der Waals surface area contributed by atoms with Crippen LogP contribution in [-0.2, 0) is 27.5 Å². The summed E-state index contributed by atoms with van der Waals surface area (Å²) in [5.41, 5.74) is 8.27. The third-order valence-corrected chi connectivity index (χ3v) is 4.67. The number of nitrogens with one attached hydrogen (secondary N) is 2. The van der Waals surface area contributed by atoms with E-state index in [0.717, 1.165) is 10.5 Å². The Bertz CT molecular complexity index is 938. The van der Waals surface area contributed by atoms with Gasteiger partial charge in [0.15, 0.2) is 5.82 Å². The number of carbonyl (C=O) groups excluding carboxylic acids is 3. The highest BCUT2D eigenvalue weighted by molar-refractivity contribution is 6.26. The Balaban J connectivity index is 2.20. The van der Waals surface area contributed by atoms with E-state index in [-0.39, 0.29) is 25.2 Å². The Hall–Kier alpha value is -3.36. The summed E-state index contributed by atoms with van der Waals surface area (Å²) in [7, 11) is 5.87. The molecule has 156 valence electrons. The van der Waals surface area contributed by atoms with Crippen LogP contribution >= 0.6 is 0 Å². The fourth-order valence-electron chi connectivity index (χ4n) is 2.84. The summed E-state index contributed by atoms with van der Waals surface area (Å²) < 4.78 is 14.2. The van der Waals surface area contributed by atoms with Crippen molar-refractivity contribution in [2.45, 2.75) is 39.3 Å². The largest absolute Gasteiger partial charge is 0.396 e. The van der Waals surface area contributed by atoms with E-state index >= 15 is 0 Å². The van der Waals surface area contributed by atoms with Crippen molar-refractivity contribution in [3.63, 3.8) is 0 Å². The molecule has 0 aliphatic rings. The van der Waals surface area contributed by atoms with Crippen LogP contribution in [0, 0.1) is 12.7 Å². The van der Waals surface area contributed by atoms with Gasteiger partial charge in [0.1, 0.15) is 7.85 Å². The number of imide groups is 1. The van der Waals surface area contributed by atoms with Gasteiger partial charge < -0.3 is 16.0 Å². The van der Waals surface area contributed by atoms with Crippen LogP contribution in [0.3, 0.4) is 0 Å². The van der Waals surface area contributed by atoms with Gasteiger partial charge in [-0.15, -0.1) is 0 Å². The van der Waals surface area contributed by atoms with Crippen LogP contribution in [0.1, 0.15) is 30.0 Å². The molecule has 2 radical (unpaired) electrons. The van der Waals surface area contributed by atoms with Gasteiger partial charge in [0.25, 0.3) is 0 Å². The molecule has 9 heteroatoms. The van der Waals surface area contributed by atoms with Gasteiger partial charge in [-0.2, -0.15) is 0 Å². The van der Waals surface area contributed by atoms with Crippen LogP contribution < -0.4 is 16.4 Å². The Morgan fingerprint density at radius 3 is 2.63 bits per heavy atom. The molecule has 30 heavy (non-hydrogen) atoms. The van der Waals surface area contributed by atoms with Crippen molar-refractivity contribution in [2.75, 3.05) is 11.1 Å². The van der Waals surface area contributed by atoms with Gasteiger partial charge in [-0.1, -0.05) is 31.2 Å². The average Bonchev–Trinajstić information content (AvgIpc) is 2.73. The fraction of sp³-hybridized carbons (Fsp3) is 0.286. The van der Waals surface area contributed by atoms with Crippen LogP contribution in [0.4, 0.5) is 15.8 Å². The number of nitrogens with two attached hydrogens (primary N) is 1. The summed E-state index contributed by atoms with van der Waals surface area (Å²) in [5.74, 6) is -3.08. The van der Waals surface area contributed by atoms with E-state index in [0.29, 0.717) is 23.2 Å². The Labute approximate surface area is 176 Å². The van der Waals surface area contributed by atoms with Gasteiger partial charge in [0, 0.05) is 30.8 Å². The van der Waals surface area contributed by atoms with E-state index < -0.39 is 23.6 Å². The number of nitrogen functional groups attached to an aromatic ring is 1. The molecule has 0 fully saturated rings. The topological polar surface area (TPSA) is 105 Å². The van der Waals surface area contributed by atoms with Crippen LogP contribution in [0.15, 0.2) is 36.4 Å². The van der Waals surface area contributed by atoms with Crippen molar-refractivity contribution in [2.24, 2.45) is 0 Å². The van der Waals surface area contributed by atoms with Gasteiger partial charge in [-0.05, 0) is 30.2 Å². The van der Waals surface area contributed by atoms with Crippen LogP contribution in [0.25, 0.3) is 0 Å². The summed E-state index contributed by atoms with van der Waals surface area (Å²) >= 11 is 0. The van der Waals surface area contributed by atoms with Crippen molar-refractivity contribution in [1.82, 2.24) is 10.2 Å². The molecule has 0 saturated carbocycles. The minimum absolute atomic E-state index is 0.0207. The van der Waals surface area contributed by atoms with Crippen molar-refractivity contribution in [1.29, 1.82) is 0 Å². The number of hydrogen-bond acceptors (Lipinski definition) is 5. The van der Waals surface area contributed by atoms with Crippen molar-refractivity contribution < 1.29 is 18.8 Å². The number of anilines is 2. The first-order chi connectivity index (χ1) is 14.3. The summed E-state index contributed by atoms with van der Waals surface area (Å²) in [5, 5.41) is 5.29. The third kappa shape index (κ3) is 5.59. The molecule has 2 aromatic rings. The van der Waals surface area contributed by atoms with E-state index in [4.69, 9.17) is 13.6 Å². The minimum Gasteiger partial charge on any atom is -0.396 e. The Kier molecular flexibility index (Phi) is 7.97. The first kappa shape index (κ1) is 22.9. The molecular weight excluding hydrogens is 386 g/mol. The Morgan fingerprint density at radius 2 is 1.97 bits per heavy atom. The summed E-state index contributed by atoms with van der Waals surface area (Å²) in [6.07, 6.45) is 0.570. The standard InChI is InChI=1S/C21H24BFN4O3/c1-3-18(29)26-21(30)20(22)27(12-28)11-15-13(2)6-4-9-17(15)25-10-14-7-5-8-16(24)19(14)23/h4-9,12,20,25H,3,10-11,24H2,1-2H3,(H,26,29,30). The lowest BCUT2D eigenvalue weighted by atomic mass is 9.92. The molecule has 0 aliphatic carbocycles. The number of aryl methyl sites for hydroxylation is 1. The third-order valence-electron chi connectivity index (χ3n) is 4.67. The predicted octanol–water partition coefficient (Wildman–Crippen LogP) is 1.83. The zero-order chi connectivity index (χ0) is 22.3. The molecule has 2 aromatic carbocycles. The highest BCUT2D eigenvalue weighted by atomic mass is 19.1. The second-order valence-electron chi connectivity index (χ2n) is 6.76. The van der Waals surface area contributed by atoms with Crippen LogP contribution in [0.2, 0.25) is 0 Å². The number of hydrogen-bond donors (Lipinski definition) is 3. The van der Waals surface area contributed by atoms with Gasteiger partial charge in [0.05, 0.1) is 11.6 Å². The molecule has 0 heterocycles. The van der Waals surface area contributed by atoms with Gasteiger partial charge in [0.2, 0.25) is 18.2 Å². The van der Waals surface area contributed by atoms with E-state index in [2.05, 4.69) is 10.6 Å². The second-order valence-corrected chi connectivity index (χ2v) is 6.76. The predicted molar refractivity (Wildman–Crippen MR) is 114 cm³/mol. The quantitative estimate of drug-likeness (QED) is 0.333. The summed E-state index contributed by atoms with van der Waals surface area (Å²) in [4.78, 5) is 36.2. The molecule has 0 spiro atoms. The molecule has 7 nitrogen and oxygen atoms in total. The summed E-state index contributed by atoms with van der Waals surface area (Å²) in [6, 6.07) is 10.2. The molecule has 1 unspecified atom stereocenters. The maximum absolute atomic E-state index is 14.2. The number of carbonyl (C=O) groups is 3. The number of rotatable bonds is 9. The van der Waals surface area contributed by atoms with E-state index in [1.165, 1.54) is 6.07 Å². The van der Waals surface area contributed by atoms with Gasteiger partial charge in [-0.3, -0.25) is 19.7 Å². The lowest BCUT2D eigenvalue weighted by Gasteiger charge is -2.26. The van der Waals surface area contributed by atoms with Crippen LogP contribution in [0.5, 0.6) is 0 Å². The molecular formula is C21H24BFN4O3. The zero-order valence-electron chi connectivity index (χ0n) is 16.9. The number of halogens is 1. The Morgan fingerprint density at radius 1 is 1.27 bits per heavy atom. The fourth-order valence-corrected chi connectivity index (χ4v) is 2.84. The lowest BCUT2D eigenvalue weighted by Crippen LogP contribution is -2.48. The highest BCUT2D eigenvalue weighted by Gasteiger charge is 2.22. The normalized spacial score (nSPS) is 11.4. The lowest BCUT2D eigenvalue weighted by molar-refractivity contribution is -0.135. The summed E-state index contributed by atoms with van der Waals surface area (Å²) in [6.45, 7) is 3.63. The van der Waals surface area contributed by atoms with E-state index in [9.17, 15) is 18.8 Å². The van der Waals surface area contributed by atoms with Gasteiger partial charge >= 0.3 is 0 Å². The van der Waals surface area contributed by atoms with Crippen molar-refractivity contribution >= 4 is 37.4 Å². The smallest absolute Gasteiger partial charge is 0.239 e. The molecule has 0 aliphatic heterocycles. The molecule has 1 atom stereocenters. The van der Waals surface area contributed by atoms with E-state index in [1.807, 2.05) is 19.1 Å². The zero-order valence-corrected chi connectivity index (χ0v) is 16.9. The molecule has 3 amide bonds. The van der Waals surface area contributed by atoms with Gasteiger partial charge in [-0.25, -0.2) is 4.39 Å². The van der Waals surface area contributed by atoms with Crippen LogP contribution in [-0.4, -0.2) is 36.9 Å². The van der Waals surface area contributed by atoms with Crippen molar-refractivity contribution in [3.05, 3.63) is 58.9 Å². The number of benzene rings is 2. The monoisotopic (exact) mass is 410 g/mol. The van der Waals surface area contributed by atoms with Crippen molar-refractivity contribution in [3.8, 4) is 0 Å². The maximum atomic E-state index is 14.2.